The van der Waals surface area contributed by atoms with Crippen molar-refractivity contribution in [2.75, 3.05) is 6.54 Å². The lowest BCUT2D eigenvalue weighted by Gasteiger charge is -2.18. The molecule has 0 radical (unpaired) electrons. The first kappa shape index (κ1) is 14.6. The number of halogens is 1. The third-order valence-electron chi connectivity index (χ3n) is 2.57. The molecule has 0 atom stereocenters. The van der Waals surface area contributed by atoms with Crippen LogP contribution in [0.4, 0.5) is 0 Å². The molecule has 18 heavy (non-hydrogen) atoms. The number of carboxylic acid groups (broad SMARTS) is 1. The number of carbonyl (C=O) groups is 2. The van der Waals surface area contributed by atoms with E-state index in [0.717, 1.165) is 4.47 Å². The first-order chi connectivity index (χ1) is 8.33. The number of aliphatic carboxylic acids is 1. The van der Waals surface area contributed by atoms with Crippen LogP contribution in [0.2, 0.25) is 0 Å². The molecule has 98 valence electrons. The van der Waals surface area contributed by atoms with E-state index in [9.17, 15) is 9.59 Å². The Bertz CT molecular complexity index is 443. The van der Waals surface area contributed by atoms with Crippen LogP contribution in [-0.2, 0) is 4.79 Å². The van der Waals surface area contributed by atoms with Gasteiger partial charge in [0.2, 0.25) is 0 Å². The molecule has 1 amide bonds. The molecule has 0 aliphatic heterocycles. The van der Waals surface area contributed by atoms with Gasteiger partial charge in [-0.2, -0.15) is 0 Å². The number of carbonyl (C=O) groups excluding carboxylic acids is 1. The van der Waals surface area contributed by atoms with E-state index in [1.807, 2.05) is 0 Å². The van der Waals surface area contributed by atoms with Gasteiger partial charge in [-0.05, 0) is 48.3 Å². The Hall–Kier alpha value is -1.43. The van der Waals surface area contributed by atoms with Gasteiger partial charge in [-0.25, -0.2) is 4.98 Å². The number of pyridine rings is 1. The highest BCUT2D eigenvalue weighted by Crippen LogP contribution is 2.19. The average Bonchev–Trinajstić information content (AvgIpc) is 2.29. The van der Waals surface area contributed by atoms with E-state index in [1.54, 1.807) is 26.0 Å². The first-order valence-electron chi connectivity index (χ1n) is 5.46. The largest absolute Gasteiger partial charge is 0.481 e. The number of nitrogens with zero attached hydrogens (tertiary/aromatic N) is 1. The van der Waals surface area contributed by atoms with E-state index in [0.29, 0.717) is 18.7 Å². The quantitative estimate of drug-likeness (QED) is 0.872. The van der Waals surface area contributed by atoms with Crippen molar-refractivity contribution in [2.24, 2.45) is 5.41 Å². The zero-order valence-corrected chi connectivity index (χ0v) is 11.8. The molecule has 0 fully saturated rings. The summed E-state index contributed by atoms with van der Waals surface area (Å²) in [6.07, 6.45) is 1.90. The Morgan fingerprint density at radius 2 is 2.11 bits per heavy atom. The topological polar surface area (TPSA) is 79.3 Å². The summed E-state index contributed by atoms with van der Waals surface area (Å²) in [6, 6.07) is 3.32. The summed E-state index contributed by atoms with van der Waals surface area (Å²) in [5.74, 6) is -1.18. The number of amides is 1. The van der Waals surface area contributed by atoms with Crippen molar-refractivity contribution >= 4 is 27.8 Å². The number of rotatable bonds is 5. The highest BCUT2D eigenvalue weighted by Gasteiger charge is 2.26. The molecule has 1 aromatic rings. The highest BCUT2D eigenvalue weighted by atomic mass is 79.9. The molecule has 0 aromatic carbocycles. The molecule has 0 unspecified atom stereocenters. The maximum Gasteiger partial charge on any atom is 0.309 e. The predicted molar refractivity (Wildman–Crippen MR) is 70.3 cm³/mol. The minimum absolute atomic E-state index is 0.301. The van der Waals surface area contributed by atoms with Gasteiger partial charge in [-0.15, -0.1) is 0 Å². The van der Waals surface area contributed by atoms with Crippen LogP contribution in [0.15, 0.2) is 22.8 Å². The second kappa shape index (κ2) is 5.95. The molecule has 1 aromatic heterocycles. The van der Waals surface area contributed by atoms with Crippen LogP contribution >= 0.6 is 15.9 Å². The van der Waals surface area contributed by atoms with Gasteiger partial charge in [-0.3, -0.25) is 9.59 Å². The van der Waals surface area contributed by atoms with Gasteiger partial charge in [-0.1, -0.05) is 0 Å². The minimum atomic E-state index is -0.876. The van der Waals surface area contributed by atoms with Crippen LogP contribution < -0.4 is 5.32 Å². The van der Waals surface area contributed by atoms with Gasteiger partial charge in [0, 0.05) is 17.2 Å². The standard InChI is InChI=1S/C12H15BrN2O3/c1-12(2,11(17)18)5-6-14-10(16)9-4-3-8(13)7-15-9/h3-4,7H,5-6H2,1-2H3,(H,14,16)(H,17,18). The number of nitrogens with one attached hydrogen (secondary N) is 1. The lowest BCUT2D eigenvalue weighted by Crippen LogP contribution is -2.32. The smallest absolute Gasteiger partial charge is 0.309 e. The van der Waals surface area contributed by atoms with Gasteiger partial charge < -0.3 is 10.4 Å². The summed E-state index contributed by atoms with van der Waals surface area (Å²) in [4.78, 5) is 26.5. The lowest BCUT2D eigenvalue weighted by molar-refractivity contribution is -0.147. The zero-order chi connectivity index (χ0) is 13.8. The molecule has 0 saturated heterocycles. The molecule has 1 heterocycles. The van der Waals surface area contributed by atoms with Crippen molar-refractivity contribution in [3.63, 3.8) is 0 Å². The molecule has 1 rings (SSSR count). The Balaban J connectivity index is 2.47. The molecular weight excluding hydrogens is 300 g/mol. The number of hydrogen-bond acceptors (Lipinski definition) is 3. The fourth-order valence-corrected chi connectivity index (χ4v) is 1.43. The van der Waals surface area contributed by atoms with Crippen LogP contribution in [0.1, 0.15) is 30.8 Å². The molecular formula is C12H15BrN2O3. The molecule has 0 bridgehead atoms. The van der Waals surface area contributed by atoms with Gasteiger partial charge in [0.1, 0.15) is 5.69 Å². The van der Waals surface area contributed by atoms with Gasteiger partial charge in [0.15, 0.2) is 0 Å². The van der Waals surface area contributed by atoms with E-state index < -0.39 is 11.4 Å². The van der Waals surface area contributed by atoms with Crippen LogP contribution in [-0.4, -0.2) is 28.5 Å². The van der Waals surface area contributed by atoms with Gasteiger partial charge in [0.25, 0.3) is 5.91 Å². The molecule has 6 heteroatoms. The first-order valence-corrected chi connectivity index (χ1v) is 6.25. The second-order valence-electron chi connectivity index (χ2n) is 4.56. The van der Waals surface area contributed by atoms with Crippen LogP contribution in [0, 0.1) is 5.41 Å². The van der Waals surface area contributed by atoms with Crippen molar-refractivity contribution in [1.82, 2.24) is 10.3 Å². The molecule has 5 nitrogen and oxygen atoms in total. The van der Waals surface area contributed by atoms with Crippen molar-refractivity contribution in [3.8, 4) is 0 Å². The summed E-state index contributed by atoms with van der Waals surface area (Å²) in [5, 5.41) is 11.6. The third kappa shape index (κ3) is 4.10. The maximum atomic E-state index is 11.7. The number of carboxylic acids is 1. The zero-order valence-electron chi connectivity index (χ0n) is 10.2. The monoisotopic (exact) mass is 314 g/mol. The predicted octanol–water partition coefficient (Wildman–Crippen LogP) is 2.07. The number of aromatic nitrogens is 1. The Morgan fingerprint density at radius 1 is 1.44 bits per heavy atom. The molecule has 0 aliphatic rings. The highest BCUT2D eigenvalue weighted by molar-refractivity contribution is 9.10. The molecule has 0 spiro atoms. The SMILES string of the molecule is CC(C)(CCNC(=O)c1ccc(Br)cn1)C(=O)O. The van der Waals surface area contributed by atoms with Crippen LogP contribution in [0.5, 0.6) is 0 Å². The van der Waals surface area contributed by atoms with E-state index in [4.69, 9.17) is 5.11 Å². The third-order valence-corrected chi connectivity index (χ3v) is 3.04. The molecule has 2 N–H and O–H groups in total. The fraction of sp³-hybridized carbons (Fsp3) is 0.417. The van der Waals surface area contributed by atoms with Crippen molar-refractivity contribution in [1.29, 1.82) is 0 Å². The maximum absolute atomic E-state index is 11.7. The number of hydrogen-bond donors (Lipinski definition) is 2. The summed E-state index contributed by atoms with van der Waals surface area (Å²) in [6.45, 7) is 3.55. The summed E-state index contributed by atoms with van der Waals surface area (Å²) >= 11 is 3.23. The van der Waals surface area contributed by atoms with Crippen molar-refractivity contribution in [3.05, 3.63) is 28.5 Å². The summed E-state index contributed by atoms with van der Waals surface area (Å²) < 4.78 is 0.797. The lowest BCUT2D eigenvalue weighted by atomic mass is 9.90. The minimum Gasteiger partial charge on any atom is -0.481 e. The fourth-order valence-electron chi connectivity index (χ4n) is 1.20. The van der Waals surface area contributed by atoms with E-state index >= 15 is 0 Å². The van der Waals surface area contributed by atoms with Gasteiger partial charge >= 0.3 is 5.97 Å². The normalized spacial score (nSPS) is 11.1. The Kier molecular flexibility index (Phi) is 4.84. The van der Waals surface area contributed by atoms with Crippen LogP contribution in [0.25, 0.3) is 0 Å². The summed E-state index contributed by atoms with van der Waals surface area (Å²) in [7, 11) is 0. The molecule has 0 saturated carbocycles. The van der Waals surface area contributed by atoms with E-state index in [2.05, 4.69) is 26.2 Å². The van der Waals surface area contributed by atoms with Crippen LogP contribution in [0.3, 0.4) is 0 Å². The Morgan fingerprint density at radius 3 is 2.61 bits per heavy atom. The van der Waals surface area contributed by atoms with E-state index in [1.165, 1.54) is 6.20 Å². The summed E-state index contributed by atoms with van der Waals surface area (Å²) in [5.41, 5.74) is -0.535. The van der Waals surface area contributed by atoms with Crippen molar-refractivity contribution < 1.29 is 14.7 Å². The second-order valence-corrected chi connectivity index (χ2v) is 5.47. The van der Waals surface area contributed by atoms with Gasteiger partial charge in [0.05, 0.1) is 5.41 Å². The Labute approximate surface area is 114 Å². The van der Waals surface area contributed by atoms with Crippen molar-refractivity contribution in [2.45, 2.75) is 20.3 Å². The average molecular weight is 315 g/mol. The molecule has 0 aliphatic carbocycles. The van der Waals surface area contributed by atoms with E-state index in [-0.39, 0.29) is 5.91 Å².